The molecule has 0 spiro atoms. The summed E-state index contributed by atoms with van der Waals surface area (Å²) in [6, 6.07) is 9.22. The molecule has 1 aliphatic rings. The van der Waals surface area contributed by atoms with Gasteiger partial charge in [0, 0.05) is 44.0 Å². The standard InChI is InChI=1S/C19H20Cl2N4O5S/c1-13(19(26)22-14-2-4-15(5-3-14)25(27)28)23-8-10-24(11-9-23)31(29,30)16-6-7-17(20)18(21)12-16/h2-7,12-13H,8-11H2,1H3,(H,22,26). The minimum atomic E-state index is -3.72. The van der Waals surface area contributed by atoms with Crippen molar-refractivity contribution in [2.45, 2.75) is 17.9 Å². The average molecular weight is 487 g/mol. The Morgan fingerprint density at radius 3 is 2.23 bits per heavy atom. The van der Waals surface area contributed by atoms with Gasteiger partial charge >= 0.3 is 0 Å². The third kappa shape index (κ3) is 5.34. The second-order valence-corrected chi connectivity index (χ2v) is 9.74. The van der Waals surface area contributed by atoms with Crippen molar-refractivity contribution in [2.75, 3.05) is 31.5 Å². The Labute approximate surface area is 189 Å². The van der Waals surface area contributed by atoms with E-state index in [2.05, 4.69) is 5.32 Å². The van der Waals surface area contributed by atoms with E-state index in [1.807, 2.05) is 4.90 Å². The molecule has 0 radical (unpaired) electrons. The maximum absolute atomic E-state index is 12.9. The van der Waals surface area contributed by atoms with Crippen LogP contribution in [0.2, 0.25) is 10.0 Å². The van der Waals surface area contributed by atoms with Crippen LogP contribution in [0.25, 0.3) is 0 Å². The minimum absolute atomic E-state index is 0.0645. The van der Waals surface area contributed by atoms with E-state index in [0.717, 1.165) is 0 Å². The predicted molar refractivity (Wildman–Crippen MR) is 118 cm³/mol. The largest absolute Gasteiger partial charge is 0.325 e. The Balaban J connectivity index is 1.59. The highest BCUT2D eigenvalue weighted by Crippen LogP contribution is 2.27. The summed E-state index contributed by atoms with van der Waals surface area (Å²) in [7, 11) is -3.72. The molecule has 1 saturated heterocycles. The number of nitro benzene ring substituents is 1. The fraction of sp³-hybridized carbons (Fsp3) is 0.316. The molecular weight excluding hydrogens is 467 g/mol. The molecule has 1 amide bonds. The van der Waals surface area contributed by atoms with E-state index in [1.165, 1.54) is 46.8 Å². The highest BCUT2D eigenvalue weighted by molar-refractivity contribution is 7.89. The first-order valence-electron chi connectivity index (χ1n) is 9.34. The molecule has 1 aliphatic heterocycles. The van der Waals surface area contributed by atoms with Crippen LogP contribution < -0.4 is 5.32 Å². The van der Waals surface area contributed by atoms with Gasteiger partial charge < -0.3 is 5.32 Å². The van der Waals surface area contributed by atoms with E-state index in [0.29, 0.717) is 18.8 Å². The van der Waals surface area contributed by atoms with Crippen molar-refractivity contribution in [1.29, 1.82) is 0 Å². The van der Waals surface area contributed by atoms with E-state index in [-0.39, 0.29) is 39.6 Å². The summed E-state index contributed by atoms with van der Waals surface area (Å²) in [5, 5.41) is 13.9. The van der Waals surface area contributed by atoms with Crippen molar-refractivity contribution in [2.24, 2.45) is 0 Å². The van der Waals surface area contributed by atoms with Crippen molar-refractivity contribution in [3.63, 3.8) is 0 Å². The lowest BCUT2D eigenvalue weighted by atomic mass is 10.2. The van der Waals surface area contributed by atoms with Gasteiger partial charge in [0.1, 0.15) is 0 Å². The third-order valence-electron chi connectivity index (χ3n) is 5.07. The molecule has 2 aromatic rings. The number of rotatable bonds is 6. The number of carbonyl (C=O) groups excluding carboxylic acids is 1. The molecule has 1 unspecified atom stereocenters. The lowest BCUT2D eigenvalue weighted by Gasteiger charge is -2.36. The van der Waals surface area contributed by atoms with Crippen LogP contribution in [-0.2, 0) is 14.8 Å². The summed E-state index contributed by atoms with van der Waals surface area (Å²) in [6.07, 6.45) is 0. The summed E-state index contributed by atoms with van der Waals surface area (Å²) in [5.74, 6) is -0.283. The number of amides is 1. The van der Waals surface area contributed by atoms with Crippen LogP contribution in [0.15, 0.2) is 47.4 Å². The Morgan fingerprint density at radius 1 is 1.06 bits per heavy atom. The Hall–Kier alpha value is -2.24. The molecule has 3 rings (SSSR count). The fourth-order valence-electron chi connectivity index (χ4n) is 3.20. The van der Waals surface area contributed by atoms with Gasteiger partial charge in [0.15, 0.2) is 0 Å². The number of nitrogens with zero attached hydrogens (tertiary/aromatic N) is 3. The first-order valence-corrected chi connectivity index (χ1v) is 11.5. The Bertz CT molecular complexity index is 1090. The number of benzene rings is 2. The number of non-ortho nitro benzene ring substituents is 1. The van der Waals surface area contributed by atoms with Crippen LogP contribution in [0.4, 0.5) is 11.4 Å². The van der Waals surface area contributed by atoms with Gasteiger partial charge in [-0.2, -0.15) is 4.31 Å². The van der Waals surface area contributed by atoms with E-state index in [9.17, 15) is 23.3 Å². The van der Waals surface area contributed by atoms with Crippen molar-refractivity contribution in [1.82, 2.24) is 9.21 Å². The molecule has 1 N–H and O–H groups in total. The molecule has 0 saturated carbocycles. The van der Waals surface area contributed by atoms with E-state index >= 15 is 0 Å². The van der Waals surface area contributed by atoms with Crippen LogP contribution >= 0.6 is 23.2 Å². The molecule has 0 aliphatic carbocycles. The number of halogens is 2. The number of piperazine rings is 1. The molecule has 2 aromatic carbocycles. The lowest BCUT2D eigenvalue weighted by Crippen LogP contribution is -2.53. The highest BCUT2D eigenvalue weighted by Gasteiger charge is 2.32. The summed E-state index contributed by atoms with van der Waals surface area (Å²) in [5.41, 5.74) is 0.383. The van der Waals surface area contributed by atoms with Crippen LogP contribution in [-0.4, -0.2) is 60.7 Å². The Kier molecular flexibility index (Phi) is 7.17. The van der Waals surface area contributed by atoms with Crippen molar-refractivity contribution >= 4 is 50.5 Å². The van der Waals surface area contributed by atoms with Gasteiger partial charge in [-0.05, 0) is 37.3 Å². The summed E-state index contributed by atoms with van der Waals surface area (Å²) in [6.45, 7) is 2.91. The maximum Gasteiger partial charge on any atom is 0.269 e. The molecule has 12 heteroatoms. The summed E-state index contributed by atoms with van der Waals surface area (Å²) in [4.78, 5) is 24.7. The molecule has 0 aromatic heterocycles. The first-order chi connectivity index (χ1) is 14.6. The quantitative estimate of drug-likeness (QED) is 0.495. The SMILES string of the molecule is CC(C(=O)Nc1ccc([N+](=O)[O-])cc1)N1CCN(S(=O)(=O)c2ccc(Cl)c(Cl)c2)CC1. The van der Waals surface area contributed by atoms with Crippen LogP contribution in [0.5, 0.6) is 0 Å². The van der Waals surface area contributed by atoms with Gasteiger partial charge in [-0.15, -0.1) is 0 Å². The van der Waals surface area contributed by atoms with Gasteiger partial charge in [-0.1, -0.05) is 23.2 Å². The molecule has 9 nitrogen and oxygen atoms in total. The summed E-state index contributed by atoms with van der Waals surface area (Å²) >= 11 is 11.8. The number of sulfonamides is 1. The second kappa shape index (κ2) is 9.49. The zero-order chi connectivity index (χ0) is 22.8. The molecule has 166 valence electrons. The van der Waals surface area contributed by atoms with Gasteiger partial charge in [0.2, 0.25) is 15.9 Å². The molecular formula is C19H20Cl2N4O5S. The topological polar surface area (TPSA) is 113 Å². The number of hydrogen-bond acceptors (Lipinski definition) is 6. The molecule has 1 fully saturated rings. The monoisotopic (exact) mass is 486 g/mol. The van der Waals surface area contributed by atoms with Crippen molar-refractivity contribution in [3.05, 3.63) is 62.6 Å². The number of nitrogens with one attached hydrogen (secondary N) is 1. The van der Waals surface area contributed by atoms with E-state index in [4.69, 9.17) is 23.2 Å². The van der Waals surface area contributed by atoms with Crippen LogP contribution in [0, 0.1) is 10.1 Å². The van der Waals surface area contributed by atoms with Gasteiger partial charge in [-0.3, -0.25) is 19.8 Å². The van der Waals surface area contributed by atoms with Crippen LogP contribution in [0.3, 0.4) is 0 Å². The molecule has 1 atom stereocenters. The highest BCUT2D eigenvalue weighted by atomic mass is 35.5. The normalized spacial score (nSPS) is 16.6. The number of nitro groups is 1. The van der Waals surface area contributed by atoms with E-state index in [1.54, 1.807) is 6.92 Å². The van der Waals surface area contributed by atoms with Gasteiger partial charge in [0.05, 0.1) is 25.9 Å². The van der Waals surface area contributed by atoms with Gasteiger partial charge in [0.25, 0.3) is 5.69 Å². The second-order valence-electron chi connectivity index (χ2n) is 6.99. The van der Waals surface area contributed by atoms with Crippen molar-refractivity contribution < 1.29 is 18.1 Å². The third-order valence-corrected chi connectivity index (χ3v) is 7.71. The van der Waals surface area contributed by atoms with Gasteiger partial charge in [-0.25, -0.2) is 8.42 Å². The van der Waals surface area contributed by atoms with E-state index < -0.39 is 21.0 Å². The van der Waals surface area contributed by atoms with Crippen molar-refractivity contribution in [3.8, 4) is 0 Å². The zero-order valence-electron chi connectivity index (χ0n) is 16.5. The minimum Gasteiger partial charge on any atom is -0.325 e. The maximum atomic E-state index is 12.9. The molecule has 1 heterocycles. The first kappa shape index (κ1) is 23.4. The summed E-state index contributed by atoms with van der Waals surface area (Å²) < 4.78 is 27.1. The molecule has 31 heavy (non-hydrogen) atoms. The fourth-order valence-corrected chi connectivity index (χ4v) is 5.01. The Morgan fingerprint density at radius 2 is 1.68 bits per heavy atom. The zero-order valence-corrected chi connectivity index (χ0v) is 18.8. The number of carbonyl (C=O) groups is 1. The lowest BCUT2D eigenvalue weighted by molar-refractivity contribution is -0.384. The average Bonchev–Trinajstić information content (AvgIpc) is 2.75. The smallest absolute Gasteiger partial charge is 0.269 e. The van der Waals surface area contributed by atoms with Crippen LogP contribution in [0.1, 0.15) is 6.92 Å². The predicted octanol–water partition coefficient (Wildman–Crippen LogP) is 3.24. The number of hydrogen-bond donors (Lipinski definition) is 1. The number of anilines is 1. The molecule has 0 bridgehead atoms.